The monoisotopic (exact) mass is 1010 g/mol. The number of rotatable bonds is 11. The molecule has 73 heavy (non-hydrogen) atoms. The zero-order valence-corrected chi connectivity index (χ0v) is 43.8. The molecule has 3 aliphatic heterocycles. The molecule has 0 N–H and O–H groups in total. The molecule has 1 unspecified atom stereocenters. The summed E-state index contributed by atoms with van der Waals surface area (Å²) >= 11 is 0. The van der Waals surface area contributed by atoms with E-state index in [1.165, 1.54) is 10.8 Å². The van der Waals surface area contributed by atoms with Gasteiger partial charge in [0.05, 0.1) is 28.1 Å². The number of ether oxygens (including phenoxy) is 3. The van der Waals surface area contributed by atoms with E-state index in [-0.39, 0.29) is 35.2 Å². The molecule has 0 bridgehead atoms. The summed E-state index contributed by atoms with van der Waals surface area (Å²) in [4.78, 5) is 45.2. The average Bonchev–Trinajstić information content (AvgIpc) is 3.85. The standard InChI is InChI=1S/C58H67N7O7S/c1-39-21-24-46(25-22-39)73(68,69)65-32-29-47-49(37-61(7)54(66)52(47)65)42-23-26-50-48(34-42)53(58(43-16-10-8-11-17-43,44-18-12-9-13-19-44)38-71-51-20-14-15-33-70-51)60-55(59-50)62-30-27-45(28-31-62)63-35-41(3)64(36-40(63)2)56(67)72-57(4,5)6/h8-13,16-19,21-26,29,32,34,37,40-41,45,51H,14-15,20,27-28,30-31,33,35-36,38H2,1-7H3/t40-,41+,51?/m0/s1. The first-order valence-electron chi connectivity index (χ1n) is 25.7. The highest BCUT2D eigenvalue weighted by Gasteiger charge is 2.43. The van der Waals surface area contributed by atoms with Crippen LogP contribution in [0.3, 0.4) is 0 Å². The Kier molecular flexibility index (Phi) is 13.8. The van der Waals surface area contributed by atoms with Gasteiger partial charge >= 0.3 is 6.09 Å². The molecule has 14 nitrogen and oxygen atoms in total. The first-order valence-corrected chi connectivity index (χ1v) is 27.2. The maximum Gasteiger partial charge on any atom is 0.410 e. The maximum atomic E-state index is 14.2. The summed E-state index contributed by atoms with van der Waals surface area (Å²) < 4.78 is 50.0. The van der Waals surface area contributed by atoms with E-state index in [0.717, 1.165) is 94.6 Å². The Balaban J connectivity index is 1.09. The highest BCUT2D eigenvalue weighted by Crippen LogP contribution is 2.44. The minimum atomic E-state index is -4.12. The van der Waals surface area contributed by atoms with Crippen LogP contribution < -0.4 is 10.5 Å². The van der Waals surface area contributed by atoms with Crippen molar-refractivity contribution < 1.29 is 27.4 Å². The maximum absolute atomic E-state index is 14.2. The van der Waals surface area contributed by atoms with E-state index in [2.05, 4.69) is 78.2 Å². The highest BCUT2D eigenvalue weighted by atomic mass is 32.2. The molecule has 4 aromatic carbocycles. The predicted molar refractivity (Wildman–Crippen MR) is 286 cm³/mol. The van der Waals surface area contributed by atoms with Gasteiger partial charge in [-0.1, -0.05) is 84.4 Å². The normalized spacial score (nSPS) is 19.7. The number of nitrogens with zero attached hydrogens (tertiary/aromatic N) is 7. The van der Waals surface area contributed by atoms with Crippen molar-refractivity contribution in [3.05, 3.63) is 154 Å². The summed E-state index contributed by atoms with van der Waals surface area (Å²) in [7, 11) is -2.47. The molecule has 7 aromatic rings. The van der Waals surface area contributed by atoms with Gasteiger partial charge in [0.15, 0.2) is 6.29 Å². The van der Waals surface area contributed by atoms with E-state index in [4.69, 9.17) is 24.2 Å². The molecule has 3 aromatic heterocycles. The molecule has 0 aliphatic carbocycles. The number of anilines is 1. The van der Waals surface area contributed by atoms with E-state index in [1.54, 1.807) is 43.6 Å². The van der Waals surface area contributed by atoms with Crippen molar-refractivity contribution in [3.8, 4) is 11.1 Å². The van der Waals surface area contributed by atoms with Gasteiger partial charge in [-0.15, -0.1) is 0 Å². The number of fused-ring (bicyclic) bond motifs is 2. The largest absolute Gasteiger partial charge is 0.444 e. The molecule has 10 rings (SSSR count). The van der Waals surface area contributed by atoms with Crippen molar-refractivity contribution in [1.82, 2.24) is 28.3 Å². The number of amides is 1. The molecule has 382 valence electrons. The fraction of sp³-hybridized carbons (Fsp3) is 0.414. The van der Waals surface area contributed by atoms with Gasteiger partial charge in [-0.05, 0) is 121 Å². The third-order valence-electron chi connectivity index (χ3n) is 15.0. The molecule has 0 radical (unpaired) electrons. The number of carbonyl (C=O) groups is 1. The molecular formula is C58H67N7O7S. The second-order valence-corrected chi connectivity index (χ2v) is 23.1. The van der Waals surface area contributed by atoms with Crippen LogP contribution in [-0.2, 0) is 36.7 Å². The van der Waals surface area contributed by atoms with Crippen LogP contribution in [0.25, 0.3) is 32.9 Å². The van der Waals surface area contributed by atoms with Gasteiger partial charge in [0.25, 0.3) is 15.6 Å². The summed E-state index contributed by atoms with van der Waals surface area (Å²) in [6.45, 7) is 15.6. The van der Waals surface area contributed by atoms with E-state index in [0.29, 0.717) is 36.1 Å². The SMILES string of the molecule is Cc1ccc(S(=O)(=O)n2ccc3c(-c4ccc5nc(N6CCC(N7C[C@@H](C)N(C(=O)OC(C)(C)C)C[C@@H]7C)CC6)nc(C(COC6CCCCO6)(c6ccccc6)c6ccccc6)c5c4)cn(C)c(=O)c32)cc1. The number of piperidine rings is 1. The quantitative estimate of drug-likeness (QED) is 0.122. The Morgan fingerprint density at radius 2 is 1.49 bits per heavy atom. The van der Waals surface area contributed by atoms with Crippen LogP contribution in [0.15, 0.2) is 131 Å². The van der Waals surface area contributed by atoms with Crippen molar-refractivity contribution in [2.24, 2.45) is 7.05 Å². The number of benzene rings is 4. The van der Waals surface area contributed by atoms with Crippen LogP contribution in [0.2, 0.25) is 0 Å². The number of aromatic nitrogens is 4. The molecule has 0 spiro atoms. The Bertz CT molecular complexity index is 3250. The van der Waals surface area contributed by atoms with Gasteiger partial charge in [-0.2, -0.15) is 0 Å². The van der Waals surface area contributed by atoms with Crippen molar-refractivity contribution in [3.63, 3.8) is 0 Å². The molecule has 3 fully saturated rings. The number of piperazine rings is 1. The third-order valence-corrected chi connectivity index (χ3v) is 16.7. The van der Waals surface area contributed by atoms with Crippen molar-refractivity contribution in [1.29, 1.82) is 0 Å². The summed E-state index contributed by atoms with van der Waals surface area (Å²) in [5.74, 6) is 0.623. The number of pyridine rings is 1. The van der Waals surface area contributed by atoms with Gasteiger partial charge in [0.2, 0.25) is 5.95 Å². The van der Waals surface area contributed by atoms with Crippen LogP contribution in [0.4, 0.5) is 10.7 Å². The molecule has 3 atom stereocenters. The van der Waals surface area contributed by atoms with Crippen LogP contribution in [0, 0.1) is 6.92 Å². The Labute approximate surface area is 428 Å². The Hall–Kier alpha value is -6.39. The lowest BCUT2D eigenvalue weighted by Crippen LogP contribution is -2.62. The van der Waals surface area contributed by atoms with E-state index < -0.39 is 32.9 Å². The molecule has 1 amide bonds. The summed E-state index contributed by atoms with van der Waals surface area (Å²) in [5, 5.41) is 1.29. The van der Waals surface area contributed by atoms with Crippen LogP contribution in [0.5, 0.6) is 0 Å². The minimum Gasteiger partial charge on any atom is -0.444 e. The van der Waals surface area contributed by atoms with Crippen molar-refractivity contribution >= 4 is 43.9 Å². The molecular weight excluding hydrogens is 939 g/mol. The first-order chi connectivity index (χ1) is 35.0. The fourth-order valence-electron chi connectivity index (χ4n) is 11.2. The lowest BCUT2D eigenvalue weighted by Gasteiger charge is -2.49. The number of hydrogen-bond acceptors (Lipinski definition) is 11. The Morgan fingerprint density at radius 3 is 2.14 bits per heavy atom. The summed E-state index contributed by atoms with van der Waals surface area (Å²) in [6, 6.07) is 35.7. The van der Waals surface area contributed by atoms with E-state index in [9.17, 15) is 18.0 Å². The predicted octanol–water partition coefficient (Wildman–Crippen LogP) is 9.67. The average molecular weight is 1010 g/mol. The summed E-state index contributed by atoms with van der Waals surface area (Å²) in [5.41, 5.74) is 3.94. The van der Waals surface area contributed by atoms with E-state index >= 15 is 0 Å². The Morgan fingerprint density at radius 1 is 0.808 bits per heavy atom. The third kappa shape index (κ3) is 9.80. The van der Waals surface area contributed by atoms with E-state index in [1.807, 2.05) is 56.9 Å². The smallest absolute Gasteiger partial charge is 0.410 e. The van der Waals surface area contributed by atoms with Gasteiger partial charge in [-0.25, -0.2) is 27.2 Å². The summed E-state index contributed by atoms with van der Waals surface area (Å²) in [6.07, 6.45) is 7.16. The van der Waals surface area contributed by atoms with Gasteiger partial charge in [-0.3, -0.25) is 9.69 Å². The van der Waals surface area contributed by atoms with Crippen molar-refractivity contribution in [2.45, 2.75) is 114 Å². The zero-order chi connectivity index (χ0) is 51.2. The molecule has 15 heteroatoms. The van der Waals surface area contributed by atoms with Gasteiger partial charge in [0.1, 0.15) is 11.1 Å². The second-order valence-electron chi connectivity index (χ2n) is 21.2. The molecule has 3 saturated heterocycles. The number of carbonyl (C=O) groups excluding carboxylic acids is 1. The lowest BCUT2D eigenvalue weighted by molar-refractivity contribution is -0.167. The first kappa shape index (κ1) is 50.2. The van der Waals surface area contributed by atoms with Crippen LogP contribution in [-0.4, -0.2) is 112 Å². The van der Waals surface area contributed by atoms with Crippen LogP contribution >= 0.6 is 0 Å². The second kappa shape index (κ2) is 20.1. The van der Waals surface area contributed by atoms with Crippen LogP contribution in [0.1, 0.15) is 89.1 Å². The zero-order valence-electron chi connectivity index (χ0n) is 43.0. The topological polar surface area (TPSA) is 141 Å². The fourth-order valence-corrected chi connectivity index (χ4v) is 12.5. The van der Waals surface area contributed by atoms with Crippen molar-refractivity contribution in [2.75, 3.05) is 44.3 Å². The molecule has 6 heterocycles. The minimum absolute atomic E-state index is 0.00848. The lowest BCUT2D eigenvalue weighted by atomic mass is 9.71. The number of aryl methyl sites for hydroxylation is 2. The molecule has 0 saturated carbocycles. The van der Waals surface area contributed by atoms with Gasteiger partial charge < -0.3 is 28.6 Å². The molecule has 3 aliphatic rings. The highest BCUT2D eigenvalue weighted by molar-refractivity contribution is 7.90. The van der Waals surface area contributed by atoms with Gasteiger partial charge in [0, 0.05) is 86.7 Å². The number of hydrogen-bond donors (Lipinski definition) is 0.